The van der Waals surface area contributed by atoms with E-state index in [1.807, 2.05) is 0 Å². The Morgan fingerprint density at radius 1 is 1.30 bits per heavy atom. The lowest BCUT2D eigenvalue weighted by Gasteiger charge is -2.23. The number of rotatable bonds is 5. The predicted octanol–water partition coefficient (Wildman–Crippen LogP) is 2.37. The van der Waals surface area contributed by atoms with Crippen molar-refractivity contribution in [2.75, 3.05) is 18.8 Å². The molecule has 0 amide bonds. The lowest BCUT2D eigenvalue weighted by atomic mass is 10.3. The fourth-order valence-electron chi connectivity index (χ4n) is 1.66. The van der Waals surface area contributed by atoms with E-state index in [4.69, 9.17) is 5.73 Å². The number of anilines is 1. The molecule has 0 unspecified atom stereocenters. The summed E-state index contributed by atoms with van der Waals surface area (Å²) >= 11 is 0. The van der Waals surface area contributed by atoms with Crippen LogP contribution in [0.3, 0.4) is 0 Å². The smallest absolute Gasteiger partial charge is 0.398 e. The van der Waals surface area contributed by atoms with Gasteiger partial charge in [0, 0.05) is 6.54 Å². The molecular formula is C11H14F4N2O2S. The van der Waals surface area contributed by atoms with Crippen LogP contribution < -0.4 is 5.73 Å². The molecule has 0 aliphatic carbocycles. The maximum Gasteiger partial charge on any atom is 0.402 e. The van der Waals surface area contributed by atoms with Crippen molar-refractivity contribution in [3.63, 3.8) is 0 Å². The summed E-state index contributed by atoms with van der Waals surface area (Å²) in [6, 6.07) is 3.13. The molecule has 0 heterocycles. The zero-order chi connectivity index (χ0) is 15.6. The summed E-state index contributed by atoms with van der Waals surface area (Å²) in [6.45, 7) is -0.545. The molecule has 0 bridgehead atoms. The van der Waals surface area contributed by atoms with Gasteiger partial charge in [-0.25, -0.2) is 12.8 Å². The van der Waals surface area contributed by atoms with Crippen molar-refractivity contribution in [3.8, 4) is 0 Å². The number of hydrogen-bond acceptors (Lipinski definition) is 3. The molecular weight excluding hydrogens is 300 g/mol. The first-order chi connectivity index (χ1) is 9.09. The summed E-state index contributed by atoms with van der Waals surface area (Å²) in [5, 5.41) is 0. The highest BCUT2D eigenvalue weighted by molar-refractivity contribution is 7.89. The first-order valence-corrected chi connectivity index (χ1v) is 7.14. The summed E-state index contributed by atoms with van der Waals surface area (Å²) < 4.78 is 75.4. The Bertz CT molecular complexity index is 552. The summed E-state index contributed by atoms with van der Waals surface area (Å²) in [7, 11) is -4.64. The van der Waals surface area contributed by atoms with Gasteiger partial charge in [-0.05, 0) is 18.6 Å². The Hall–Kier alpha value is -1.35. The van der Waals surface area contributed by atoms with E-state index in [-0.39, 0.29) is 17.3 Å². The standard InChI is InChI=1S/C11H14F4N2O2S/c1-2-6-17(7-11(13,14)15)20(18,19)10-8(12)4-3-5-9(10)16/h3-5H,2,6-7,16H2,1H3. The maximum atomic E-state index is 13.6. The quantitative estimate of drug-likeness (QED) is 0.670. The van der Waals surface area contributed by atoms with Crippen molar-refractivity contribution in [2.45, 2.75) is 24.4 Å². The normalized spacial score (nSPS) is 12.9. The van der Waals surface area contributed by atoms with Gasteiger partial charge in [-0.1, -0.05) is 13.0 Å². The lowest BCUT2D eigenvalue weighted by Crippen LogP contribution is -2.40. The van der Waals surface area contributed by atoms with Crippen molar-refractivity contribution in [2.24, 2.45) is 0 Å². The van der Waals surface area contributed by atoms with Crippen LogP contribution >= 0.6 is 0 Å². The molecule has 0 saturated carbocycles. The highest BCUT2D eigenvalue weighted by Gasteiger charge is 2.38. The minimum atomic E-state index is -4.72. The van der Waals surface area contributed by atoms with Crippen LogP contribution in [0.1, 0.15) is 13.3 Å². The Morgan fingerprint density at radius 3 is 2.35 bits per heavy atom. The van der Waals surface area contributed by atoms with Crippen LogP contribution in [0.15, 0.2) is 23.1 Å². The molecule has 2 N–H and O–H groups in total. The molecule has 1 rings (SSSR count). The third-order valence-electron chi connectivity index (χ3n) is 2.42. The molecule has 0 aromatic heterocycles. The zero-order valence-electron chi connectivity index (χ0n) is 10.6. The second-order valence-electron chi connectivity index (χ2n) is 4.11. The largest absolute Gasteiger partial charge is 0.402 e. The van der Waals surface area contributed by atoms with E-state index in [1.54, 1.807) is 0 Å². The van der Waals surface area contributed by atoms with E-state index < -0.39 is 39.1 Å². The summed E-state index contributed by atoms with van der Waals surface area (Å²) in [6.07, 6.45) is -4.56. The molecule has 20 heavy (non-hydrogen) atoms. The van der Waals surface area contributed by atoms with Crippen LogP contribution in [0.2, 0.25) is 0 Å². The average molecular weight is 314 g/mol. The molecule has 0 atom stereocenters. The number of halogens is 4. The molecule has 0 spiro atoms. The molecule has 9 heteroatoms. The minimum Gasteiger partial charge on any atom is -0.398 e. The summed E-state index contributed by atoms with van der Waals surface area (Å²) in [5.74, 6) is -1.17. The van der Waals surface area contributed by atoms with Crippen LogP contribution in [0, 0.1) is 5.82 Å². The highest BCUT2D eigenvalue weighted by Crippen LogP contribution is 2.28. The fraction of sp³-hybridized carbons (Fsp3) is 0.455. The first kappa shape index (κ1) is 16.7. The van der Waals surface area contributed by atoms with Crippen molar-refractivity contribution >= 4 is 15.7 Å². The number of sulfonamides is 1. The van der Waals surface area contributed by atoms with Gasteiger partial charge in [0.25, 0.3) is 0 Å². The van der Waals surface area contributed by atoms with Gasteiger partial charge in [0.1, 0.15) is 17.3 Å². The Labute approximate surface area is 114 Å². The highest BCUT2D eigenvalue weighted by atomic mass is 32.2. The monoisotopic (exact) mass is 314 g/mol. The van der Waals surface area contributed by atoms with Crippen molar-refractivity contribution in [3.05, 3.63) is 24.0 Å². The molecule has 0 aliphatic heterocycles. The van der Waals surface area contributed by atoms with Gasteiger partial charge in [-0.2, -0.15) is 17.5 Å². The van der Waals surface area contributed by atoms with Gasteiger partial charge in [-0.3, -0.25) is 0 Å². The predicted molar refractivity (Wildman–Crippen MR) is 65.9 cm³/mol. The van der Waals surface area contributed by atoms with Gasteiger partial charge < -0.3 is 5.73 Å². The van der Waals surface area contributed by atoms with Crippen LogP contribution in [0.25, 0.3) is 0 Å². The van der Waals surface area contributed by atoms with Crippen molar-refractivity contribution in [1.29, 1.82) is 0 Å². The van der Waals surface area contributed by atoms with E-state index in [0.29, 0.717) is 0 Å². The number of nitrogens with two attached hydrogens (primary N) is 1. The molecule has 0 saturated heterocycles. The van der Waals surface area contributed by atoms with Gasteiger partial charge in [0.15, 0.2) is 0 Å². The molecule has 0 radical (unpaired) electrons. The molecule has 0 aliphatic rings. The lowest BCUT2D eigenvalue weighted by molar-refractivity contribution is -0.136. The van der Waals surface area contributed by atoms with E-state index in [2.05, 4.69) is 0 Å². The van der Waals surface area contributed by atoms with E-state index in [1.165, 1.54) is 13.0 Å². The number of benzene rings is 1. The number of alkyl halides is 3. The molecule has 1 aromatic rings. The van der Waals surface area contributed by atoms with Crippen LogP contribution in [-0.4, -0.2) is 32.0 Å². The number of nitrogen functional groups attached to an aromatic ring is 1. The average Bonchev–Trinajstić information content (AvgIpc) is 2.26. The van der Waals surface area contributed by atoms with E-state index >= 15 is 0 Å². The van der Waals surface area contributed by atoms with E-state index in [9.17, 15) is 26.0 Å². The Balaban J connectivity index is 3.30. The Kier molecular flexibility index (Phi) is 4.98. The van der Waals surface area contributed by atoms with Crippen molar-refractivity contribution < 1.29 is 26.0 Å². The number of nitrogens with zero attached hydrogens (tertiary/aromatic N) is 1. The van der Waals surface area contributed by atoms with Crippen LogP contribution in [-0.2, 0) is 10.0 Å². The van der Waals surface area contributed by atoms with Gasteiger partial charge in [-0.15, -0.1) is 0 Å². The molecule has 114 valence electrons. The minimum absolute atomic E-state index is 0.156. The van der Waals surface area contributed by atoms with Gasteiger partial charge >= 0.3 is 6.18 Å². The number of hydrogen-bond donors (Lipinski definition) is 1. The van der Waals surface area contributed by atoms with E-state index in [0.717, 1.165) is 12.1 Å². The topological polar surface area (TPSA) is 63.4 Å². The maximum absolute atomic E-state index is 13.6. The van der Waals surface area contributed by atoms with Gasteiger partial charge in [0.05, 0.1) is 5.69 Å². The van der Waals surface area contributed by atoms with Gasteiger partial charge in [0.2, 0.25) is 10.0 Å². The Morgan fingerprint density at radius 2 is 1.90 bits per heavy atom. The third kappa shape index (κ3) is 3.83. The second kappa shape index (κ2) is 5.96. The summed E-state index contributed by atoms with van der Waals surface area (Å²) in [4.78, 5) is -0.919. The van der Waals surface area contributed by atoms with Crippen molar-refractivity contribution in [1.82, 2.24) is 4.31 Å². The SMILES string of the molecule is CCCN(CC(F)(F)F)S(=O)(=O)c1c(N)cccc1F. The van der Waals surface area contributed by atoms with Crippen LogP contribution in [0.4, 0.5) is 23.2 Å². The fourth-order valence-corrected chi connectivity index (χ4v) is 3.34. The zero-order valence-corrected chi connectivity index (χ0v) is 11.4. The second-order valence-corrected chi connectivity index (χ2v) is 5.99. The molecule has 1 aromatic carbocycles. The summed E-state index contributed by atoms with van der Waals surface area (Å²) in [5.41, 5.74) is 4.96. The molecule has 4 nitrogen and oxygen atoms in total. The molecule has 0 fully saturated rings. The van der Waals surface area contributed by atoms with Crippen LogP contribution in [0.5, 0.6) is 0 Å². The first-order valence-electron chi connectivity index (χ1n) is 5.70. The third-order valence-corrected chi connectivity index (χ3v) is 4.36.